The van der Waals surface area contributed by atoms with Crippen molar-refractivity contribution in [1.29, 1.82) is 0 Å². The van der Waals surface area contributed by atoms with Gasteiger partial charge in [-0.15, -0.1) is 0 Å². The molecule has 3 rings (SSSR count). The highest BCUT2D eigenvalue weighted by molar-refractivity contribution is 6.35. The fourth-order valence-electron chi connectivity index (χ4n) is 3.50. The van der Waals surface area contributed by atoms with Gasteiger partial charge in [0.15, 0.2) is 11.5 Å². The van der Waals surface area contributed by atoms with E-state index >= 15 is 0 Å². The summed E-state index contributed by atoms with van der Waals surface area (Å²) in [6.07, 6.45) is 0. The number of para-hydroxylation sites is 1. The molecule has 2 amide bonds. The van der Waals surface area contributed by atoms with E-state index in [1.54, 1.807) is 36.4 Å². The Balaban J connectivity index is 2.11. The summed E-state index contributed by atoms with van der Waals surface area (Å²) in [6, 6.07) is 9.15. The molecule has 1 aliphatic rings. The third kappa shape index (κ3) is 4.79. The first-order valence-electron chi connectivity index (χ1n) is 9.90. The number of esters is 1. The topological polar surface area (TPSA) is 85.9 Å². The number of allylic oxidation sites excluding steroid dienone is 1. The van der Waals surface area contributed by atoms with Crippen LogP contribution in [0.25, 0.3) is 0 Å². The van der Waals surface area contributed by atoms with Crippen molar-refractivity contribution in [2.75, 3.05) is 14.2 Å². The summed E-state index contributed by atoms with van der Waals surface area (Å²) in [6.45, 7) is 3.81. The van der Waals surface area contributed by atoms with Gasteiger partial charge in [0.1, 0.15) is 6.61 Å². The maximum Gasteiger partial charge on any atom is 0.337 e. The SMILES string of the molecule is COC(=O)C1=C(C(C)C)NC(=O)NC1c1cccc(OC)c1OCc1c(Cl)cccc1Cl. The minimum Gasteiger partial charge on any atom is -0.493 e. The Hall–Kier alpha value is -2.90. The maximum absolute atomic E-state index is 12.7. The van der Waals surface area contributed by atoms with Gasteiger partial charge in [0.2, 0.25) is 0 Å². The maximum atomic E-state index is 12.7. The molecule has 2 aromatic carbocycles. The summed E-state index contributed by atoms with van der Waals surface area (Å²) >= 11 is 12.6. The molecule has 0 aliphatic carbocycles. The quantitative estimate of drug-likeness (QED) is 0.545. The fraction of sp³-hybridized carbons (Fsp3) is 0.304. The van der Waals surface area contributed by atoms with Crippen LogP contribution in [0, 0.1) is 5.92 Å². The van der Waals surface area contributed by atoms with Gasteiger partial charge in [-0.1, -0.05) is 55.2 Å². The predicted molar refractivity (Wildman–Crippen MR) is 122 cm³/mol. The lowest BCUT2D eigenvalue weighted by Crippen LogP contribution is -2.47. The Morgan fingerprint density at radius 2 is 1.75 bits per heavy atom. The summed E-state index contributed by atoms with van der Waals surface area (Å²) in [5.41, 5.74) is 1.90. The van der Waals surface area contributed by atoms with Crippen LogP contribution in [0.1, 0.15) is 31.0 Å². The fourth-order valence-corrected chi connectivity index (χ4v) is 4.01. The average Bonchev–Trinajstić information content (AvgIpc) is 2.77. The Morgan fingerprint density at radius 3 is 2.34 bits per heavy atom. The summed E-state index contributed by atoms with van der Waals surface area (Å²) in [4.78, 5) is 25.2. The average molecular weight is 479 g/mol. The molecule has 1 heterocycles. The molecule has 0 saturated carbocycles. The number of urea groups is 1. The molecule has 2 aromatic rings. The molecule has 0 radical (unpaired) electrons. The number of methoxy groups -OCH3 is 2. The first-order chi connectivity index (χ1) is 15.3. The lowest BCUT2D eigenvalue weighted by atomic mass is 9.91. The Kier molecular flexibility index (Phi) is 7.53. The summed E-state index contributed by atoms with van der Waals surface area (Å²) in [5.74, 6) is 0.0835. The van der Waals surface area contributed by atoms with Crippen molar-refractivity contribution < 1.29 is 23.8 Å². The molecule has 0 bridgehead atoms. The van der Waals surface area contributed by atoms with E-state index in [2.05, 4.69) is 10.6 Å². The largest absolute Gasteiger partial charge is 0.493 e. The number of carbonyl (C=O) groups excluding carboxylic acids is 2. The first kappa shape index (κ1) is 23.8. The summed E-state index contributed by atoms with van der Waals surface area (Å²) < 4.78 is 16.6. The number of rotatable bonds is 7. The molecule has 0 fully saturated rings. The Bertz CT molecular complexity index is 1050. The monoisotopic (exact) mass is 478 g/mol. The van der Waals surface area contributed by atoms with Crippen molar-refractivity contribution in [1.82, 2.24) is 10.6 Å². The van der Waals surface area contributed by atoms with Gasteiger partial charge in [0, 0.05) is 26.9 Å². The number of halogens is 2. The molecule has 1 atom stereocenters. The number of carbonyl (C=O) groups is 2. The normalized spacial score (nSPS) is 15.8. The Labute approximate surface area is 196 Å². The second-order valence-corrected chi connectivity index (χ2v) is 8.19. The van der Waals surface area contributed by atoms with E-state index in [-0.39, 0.29) is 18.1 Å². The van der Waals surface area contributed by atoms with Crippen LogP contribution in [0.2, 0.25) is 10.0 Å². The molecular formula is C23H24Cl2N2O5. The van der Waals surface area contributed by atoms with E-state index in [0.29, 0.717) is 38.4 Å². The highest BCUT2D eigenvalue weighted by Crippen LogP contribution is 2.41. The predicted octanol–water partition coefficient (Wildman–Crippen LogP) is 5.02. The zero-order valence-corrected chi connectivity index (χ0v) is 19.6. The zero-order chi connectivity index (χ0) is 23.4. The third-order valence-corrected chi connectivity index (χ3v) is 5.76. The molecule has 1 unspecified atom stereocenters. The molecule has 1 aliphatic heterocycles. The second-order valence-electron chi connectivity index (χ2n) is 7.37. The van der Waals surface area contributed by atoms with Gasteiger partial charge in [0.25, 0.3) is 0 Å². The van der Waals surface area contributed by atoms with Gasteiger partial charge in [-0.3, -0.25) is 0 Å². The number of nitrogens with one attached hydrogen (secondary N) is 2. The van der Waals surface area contributed by atoms with Gasteiger partial charge < -0.3 is 24.8 Å². The standard InChI is InChI=1S/C23H24Cl2N2O5/c1-12(2)19-18(22(28)31-4)20(27-23(29)26-19)13-7-5-10-17(30-3)21(13)32-11-14-15(24)8-6-9-16(14)25/h5-10,12,20H,11H2,1-4H3,(H2,26,27,29). The van der Waals surface area contributed by atoms with Crippen LogP contribution in [0.5, 0.6) is 11.5 Å². The molecule has 0 saturated heterocycles. The van der Waals surface area contributed by atoms with Crippen molar-refractivity contribution in [3.05, 3.63) is 68.8 Å². The molecule has 0 aromatic heterocycles. The zero-order valence-electron chi connectivity index (χ0n) is 18.1. The molecule has 2 N–H and O–H groups in total. The van der Waals surface area contributed by atoms with Crippen molar-refractivity contribution in [2.45, 2.75) is 26.5 Å². The molecule has 0 spiro atoms. The number of hydrogen-bond acceptors (Lipinski definition) is 5. The van der Waals surface area contributed by atoms with Crippen LogP contribution in [-0.4, -0.2) is 26.2 Å². The molecule has 9 heteroatoms. The van der Waals surface area contributed by atoms with Crippen molar-refractivity contribution in [3.8, 4) is 11.5 Å². The summed E-state index contributed by atoms with van der Waals surface area (Å²) in [7, 11) is 2.80. The Morgan fingerprint density at radius 1 is 1.09 bits per heavy atom. The minimum absolute atomic E-state index is 0.0547. The number of hydrogen-bond donors (Lipinski definition) is 2. The van der Waals surface area contributed by atoms with Gasteiger partial charge in [0.05, 0.1) is 25.8 Å². The molecule has 170 valence electrons. The lowest BCUT2D eigenvalue weighted by Gasteiger charge is -2.31. The van der Waals surface area contributed by atoms with E-state index in [0.717, 1.165) is 0 Å². The lowest BCUT2D eigenvalue weighted by molar-refractivity contribution is -0.136. The van der Waals surface area contributed by atoms with Crippen molar-refractivity contribution >= 4 is 35.2 Å². The van der Waals surface area contributed by atoms with Crippen LogP contribution >= 0.6 is 23.2 Å². The number of ether oxygens (including phenoxy) is 3. The van der Waals surface area contributed by atoms with Gasteiger partial charge in [-0.2, -0.15) is 0 Å². The van der Waals surface area contributed by atoms with E-state index in [9.17, 15) is 9.59 Å². The van der Waals surface area contributed by atoms with Crippen LogP contribution < -0.4 is 20.1 Å². The van der Waals surface area contributed by atoms with E-state index in [1.807, 2.05) is 13.8 Å². The molecular weight excluding hydrogens is 455 g/mol. The van der Waals surface area contributed by atoms with Crippen molar-refractivity contribution in [3.63, 3.8) is 0 Å². The minimum atomic E-state index is -0.819. The van der Waals surface area contributed by atoms with E-state index < -0.39 is 18.0 Å². The second kappa shape index (κ2) is 10.1. The van der Waals surface area contributed by atoms with Crippen LogP contribution in [0.3, 0.4) is 0 Å². The van der Waals surface area contributed by atoms with Gasteiger partial charge >= 0.3 is 12.0 Å². The summed E-state index contributed by atoms with van der Waals surface area (Å²) in [5, 5.41) is 6.44. The molecule has 32 heavy (non-hydrogen) atoms. The first-order valence-corrected chi connectivity index (χ1v) is 10.7. The van der Waals surface area contributed by atoms with E-state index in [4.69, 9.17) is 37.4 Å². The third-order valence-electron chi connectivity index (χ3n) is 5.05. The van der Waals surface area contributed by atoms with Crippen molar-refractivity contribution in [2.24, 2.45) is 5.92 Å². The number of amides is 2. The highest BCUT2D eigenvalue weighted by atomic mass is 35.5. The van der Waals surface area contributed by atoms with Crippen LogP contribution in [-0.2, 0) is 16.1 Å². The van der Waals surface area contributed by atoms with Gasteiger partial charge in [-0.05, 0) is 24.1 Å². The van der Waals surface area contributed by atoms with Crippen LogP contribution in [0.4, 0.5) is 4.79 Å². The smallest absolute Gasteiger partial charge is 0.337 e. The van der Waals surface area contributed by atoms with Crippen LogP contribution in [0.15, 0.2) is 47.7 Å². The van der Waals surface area contributed by atoms with Gasteiger partial charge in [-0.25, -0.2) is 9.59 Å². The number of benzene rings is 2. The molecule has 7 nitrogen and oxygen atoms in total. The van der Waals surface area contributed by atoms with E-state index in [1.165, 1.54) is 14.2 Å². The highest BCUT2D eigenvalue weighted by Gasteiger charge is 2.36.